The van der Waals surface area contributed by atoms with Gasteiger partial charge in [-0.25, -0.2) is 14.4 Å². The van der Waals surface area contributed by atoms with Crippen molar-refractivity contribution in [2.45, 2.75) is 0 Å². The molecule has 0 radical (unpaired) electrons. The molecule has 1 saturated heterocycles. The summed E-state index contributed by atoms with van der Waals surface area (Å²) in [5.41, 5.74) is 1.78. The van der Waals surface area contributed by atoms with E-state index in [9.17, 15) is 4.39 Å². The molecule has 0 spiro atoms. The molecule has 1 fully saturated rings. The maximum Gasteiger partial charge on any atom is 0.225 e. The van der Waals surface area contributed by atoms with Crippen molar-refractivity contribution in [3.63, 3.8) is 0 Å². The van der Waals surface area contributed by atoms with Gasteiger partial charge < -0.3 is 10.0 Å². The number of aliphatic hydroxyl groups is 1. The van der Waals surface area contributed by atoms with E-state index in [0.717, 1.165) is 49.8 Å². The molecule has 1 N–H and O–H groups in total. The summed E-state index contributed by atoms with van der Waals surface area (Å²) in [4.78, 5) is 13.2. The van der Waals surface area contributed by atoms with E-state index in [4.69, 9.17) is 5.11 Å². The Morgan fingerprint density at radius 1 is 0.955 bits per heavy atom. The van der Waals surface area contributed by atoms with Gasteiger partial charge in [-0.2, -0.15) is 0 Å². The fourth-order valence-corrected chi connectivity index (χ4v) is 2.59. The van der Waals surface area contributed by atoms with Gasteiger partial charge in [-0.1, -0.05) is 12.1 Å². The average molecular weight is 302 g/mol. The van der Waals surface area contributed by atoms with Crippen molar-refractivity contribution in [1.29, 1.82) is 0 Å². The Labute approximate surface area is 129 Å². The Morgan fingerprint density at radius 3 is 2.18 bits per heavy atom. The maximum absolute atomic E-state index is 12.9. The highest BCUT2D eigenvalue weighted by Gasteiger charge is 2.18. The van der Waals surface area contributed by atoms with Gasteiger partial charge in [0.2, 0.25) is 5.95 Å². The molecule has 0 saturated carbocycles. The van der Waals surface area contributed by atoms with Crippen LogP contribution in [0.15, 0.2) is 36.7 Å². The second-order valence-corrected chi connectivity index (χ2v) is 5.33. The minimum absolute atomic E-state index is 0.197. The first kappa shape index (κ1) is 14.9. The van der Waals surface area contributed by atoms with Gasteiger partial charge in [-0.3, -0.25) is 4.90 Å². The minimum Gasteiger partial charge on any atom is -0.395 e. The Bertz CT molecular complexity index is 595. The van der Waals surface area contributed by atoms with Gasteiger partial charge in [-0.05, 0) is 17.7 Å². The lowest BCUT2D eigenvalue weighted by Gasteiger charge is -2.34. The number of aliphatic hydroxyl groups excluding tert-OH is 1. The van der Waals surface area contributed by atoms with Crippen LogP contribution in [0.1, 0.15) is 0 Å². The molecule has 0 bridgehead atoms. The third kappa shape index (κ3) is 3.40. The van der Waals surface area contributed by atoms with Crippen molar-refractivity contribution in [2.75, 3.05) is 44.2 Å². The van der Waals surface area contributed by atoms with Gasteiger partial charge in [0.05, 0.1) is 6.61 Å². The topological polar surface area (TPSA) is 52.5 Å². The largest absolute Gasteiger partial charge is 0.395 e. The molecule has 0 aliphatic carbocycles. The van der Waals surface area contributed by atoms with Crippen LogP contribution >= 0.6 is 0 Å². The second-order valence-electron chi connectivity index (χ2n) is 5.33. The Hall–Kier alpha value is -2.05. The predicted molar refractivity (Wildman–Crippen MR) is 83.2 cm³/mol. The standard InChI is InChI=1S/C16H19FN4O/c17-15-3-1-13(2-4-15)14-11-18-16(19-12-14)21-7-5-20(6-8-21)9-10-22/h1-4,11-12,22H,5-10H2. The third-order valence-electron chi connectivity index (χ3n) is 3.89. The lowest BCUT2D eigenvalue weighted by atomic mass is 10.1. The van der Waals surface area contributed by atoms with Crippen LogP contribution < -0.4 is 4.90 Å². The predicted octanol–water partition coefficient (Wildman–Crippen LogP) is 1.40. The summed E-state index contributed by atoms with van der Waals surface area (Å²) < 4.78 is 12.9. The van der Waals surface area contributed by atoms with Crippen LogP contribution in [-0.4, -0.2) is 59.3 Å². The zero-order chi connectivity index (χ0) is 15.4. The SMILES string of the molecule is OCCN1CCN(c2ncc(-c3ccc(F)cc3)cn2)CC1. The van der Waals surface area contributed by atoms with Crippen LogP contribution in [0.25, 0.3) is 11.1 Å². The number of rotatable bonds is 4. The number of aromatic nitrogens is 2. The summed E-state index contributed by atoms with van der Waals surface area (Å²) in [6.45, 7) is 4.44. The number of anilines is 1. The molecule has 0 unspecified atom stereocenters. The van der Waals surface area contributed by atoms with Crippen molar-refractivity contribution < 1.29 is 9.50 Å². The van der Waals surface area contributed by atoms with Gasteiger partial charge in [0, 0.05) is 50.7 Å². The van der Waals surface area contributed by atoms with Crippen LogP contribution in [-0.2, 0) is 0 Å². The molecule has 0 amide bonds. The molecule has 1 aliphatic rings. The molecule has 5 nitrogen and oxygen atoms in total. The highest BCUT2D eigenvalue weighted by atomic mass is 19.1. The van der Waals surface area contributed by atoms with Crippen molar-refractivity contribution in [3.8, 4) is 11.1 Å². The maximum atomic E-state index is 12.9. The molecule has 1 aliphatic heterocycles. The summed E-state index contributed by atoms with van der Waals surface area (Å²) in [6.07, 6.45) is 3.55. The van der Waals surface area contributed by atoms with E-state index in [2.05, 4.69) is 19.8 Å². The lowest BCUT2D eigenvalue weighted by molar-refractivity contribution is 0.188. The van der Waals surface area contributed by atoms with Crippen LogP contribution in [0, 0.1) is 5.82 Å². The van der Waals surface area contributed by atoms with Crippen molar-refractivity contribution in [1.82, 2.24) is 14.9 Å². The number of piperazine rings is 1. The normalized spacial score (nSPS) is 16.0. The minimum atomic E-state index is -0.248. The van der Waals surface area contributed by atoms with Gasteiger partial charge in [-0.15, -0.1) is 0 Å². The van der Waals surface area contributed by atoms with Crippen LogP contribution in [0.2, 0.25) is 0 Å². The first-order chi connectivity index (χ1) is 10.8. The molecule has 1 aromatic carbocycles. The average Bonchev–Trinajstić information content (AvgIpc) is 2.57. The summed E-state index contributed by atoms with van der Waals surface area (Å²) in [5.74, 6) is 0.469. The first-order valence-corrected chi connectivity index (χ1v) is 7.42. The first-order valence-electron chi connectivity index (χ1n) is 7.42. The summed E-state index contributed by atoms with van der Waals surface area (Å²) in [6, 6.07) is 6.32. The van der Waals surface area contributed by atoms with Gasteiger partial charge >= 0.3 is 0 Å². The van der Waals surface area contributed by atoms with E-state index in [1.807, 2.05) is 0 Å². The molecule has 1 aromatic heterocycles. The highest BCUT2D eigenvalue weighted by molar-refractivity contribution is 5.61. The zero-order valence-electron chi connectivity index (χ0n) is 12.3. The lowest BCUT2D eigenvalue weighted by Crippen LogP contribution is -2.47. The Kier molecular flexibility index (Phi) is 4.60. The van der Waals surface area contributed by atoms with E-state index in [1.54, 1.807) is 24.5 Å². The van der Waals surface area contributed by atoms with Crippen LogP contribution in [0.5, 0.6) is 0 Å². The van der Waals surface area contributed by atoms with Gasteiger partial charge in [0.15, 0.2) is 0 Å². The van der Waals surface area contributed by atoms with E-state index < -0.39 is 0 Å². The molecule has 3 rings (SSSR count). The summed E-state index contributed by atoms with van der Waals surface area (Å²) in [5, 5.41) is 8.95. The number of nitrogens with zero attached hydrogens (tertiary/aromatic N) is 4. The Morgan fingerprint density at radius 2 is 1.59 bits per heavy atom. The third-order valence-corrected chi connectivity index (χ3v) is 3.89. The van der Waals surface area contributed by atoms with Crippen LogP contribution in [0.3, 0.4) is 0 Å². The fraction of sp³-hybridized carbons (Fsp3) is 0.375. The number of hydrogen-bond acceptors (Lipinski definition) is 5. The highest BCUT2D eigenvalue weighted by Crippen LogP contribution is 2.19. The fourth-order valence-electron chi connectivity index (χ4n) is 2.59. The molecule has 6 heteroatoms. The van der Waals surface area contributed by atoms with Crippen LogP contribution in [0.4, 0.5) is 10.3 Å². The van der Waals surface area contributed by atoms with Crippen molar-refractivity contribution in [3.05, 3.63) is 42.5 Å². The van der Waals surface area contributed by atoms with E-state index >= 15 is 0 Å². The number of benzene rings is 1. The zero-order valence-corrected chi connectivity index (χ0v) is 12.3. The molecular weight excluding hydrogens is 283 g/mol. The van der Waals surface area contributed by atoms with Gasteiger partial charge in [0.1, 0.15) is 5.82 Å². The van der Waals surface area contributed by atoms with E-state index in [-0.39, 0.29) is 12.4 Å². The monoisotopic (exact) mass is 302 g/mol. The molecule has 2 aromatic rings. The summed E-state index contributed by atoms with van der Waals surface area (Å²) in [7, 11) is 0. The number of halogens is 1. The quantitative estimate of drug-likeness (QED) is 0.925. The number of β-amino-alcohol motifs (C(OH)–C–C–N with tert-alkyl or cyclic N) is 1. The molecule has 2 heterocycles. The molecule has 116 valence electrons. The second kappa shape index (κ2) is 6.81. The summed E-state index contributed by atoms with van der Waals surface area (Å²) >= 11 is 0. The molecule has 22 heavy (non-hydrogen) atoms. The van der Waals surface area contributed by atoms with E-state index in [0.29, 0.717) is 0 Å². The molecular formula is C16H19FN4O. The van der Waals surface area contributed by atoms with Crippen molar-refractivity contribution >= 4 is 5.95 Å². The van der Waals surface area contributed by atoms with E-state index in [1.165, 1.54) is 12.1 Å². The van der Waals surface area contributed by atoms with Gasteiger partial charge in [0.25, 0.3) is 0 Å². The smallest absolute Gasteiger partial charge is 0.225 e. The van der Waals surface area contributed by atoms with Crippen molar-refractivity contribution in [2.24, 2.45) is 0 Å². The Balaban J connectivity index is 1.66. The number of hydrogen-bond donors (Lipinski definition) is 1. The molecule has 0 atom stereocenters.